The lowest BCUT2D eigenvalue weighted by atomic mass is 10.2. The van der Waals surface area contributed by atoms with E-state index in [9.17, 15) is 17.6 Å². The summed E-state index contributed by atoms with van der Waals surface area (Å²) in [4.78, 5) is 0. The lowest BCUT2D eigenvalue weighted by Gasteiger charge is -2.16. The minimum absolute atomic E-state index is 0.0297. The highest BCUT2D eigenvalue weighted by Crippen LogP contribution is 2.22. The number of alkyl halides is 4. The Bertz CT molecular complexity index is 343. The Morgan fingerprint density at radius 3 is 2.44 bits per heavy atom. The predicted molar refractivity (Wildman–Crippen MR) is 54.1 cm³/mol. The standard InChI is InChI=1S/C10H10ClF4N/c11-8-4-2-1-3-7(8)5-16-6-10(14,15)9(12)13/h1-4,9,16H,5-6H2. The molecule has 0 atom stereocenters. The maximum Gasteiger partial charge on any atom is 0.319 e. The summed E-state index contributed by atoms with van der Waals surface area (Å²) in [5, 5.41) is 2.66. The minimum Gasteiger partial charge on any atom is -0.307 e. The van der Waals surface area contributed by atoms with Crippen LogP contribution in [0.2, 0.25) is 5.02 Å². The Morgan fingerprint density at radius 1 is 1.25 bits per heavy atom. The summed E-state index contributed by atoms with van der Waals surface area (Å²) < 4.78 is 48.6. The van der Waals surface area contributed by atoms with E-state index >= 15 is 0 Å². The Labute approximate surface area is 95.4 Å². The second kappa shape index (κ2) is 5.50. The molecule has 0 aliphatic rings. The van der Waals surface area contributed by atoms with Crippen molar-refractivity contribution in [1.29, 1.82) is 0 Å². The van der Waals surface area contributed by atoms with Crippen LogP contribution in [0.3, 0.4) is 0 Å². The van der Waals surface area contributed by atoms with Crippen LogP contribution in [0.1, 0.15) is 5.56 Å². The van der Waals surface area contributed by atoms with Crippen molar-refractivity contribution in [1.82, 2.24) is 5.32 Å². The van der Waals surface area contributed by atoms with Gasteiger partial charge in [0, 0.05) is 11.6 Å². The summed E-state index contributed by atoms with van der Waals surface area (Å²) in [5.41, 5.74) is 0.592. The van der Waals surface area contributed by atoms with Gasteiger partial charge in [0.2, 0.25) is 0 Å². The molecule has 1 N–H and O–H groups in total. The molecule has 0 spiro atoms. The van der Waals surface area contributed by atoms with Gasteiger partial charge in [0.05, 0.1) is 6.54 Å². The van der Waals surface area contributed by atoms with Gasteiger partial charge < -0.3 is 5.32 Å². The highest BCUT2D eigenvalue weighted by Gasteiger charge is 2.39. The highest BCUT2D eigenvalue weighted by molar-refractivity contribution is 6.31. The van der Waals surface area contributed by atoms with Gasteiger partial charge in [-0.2, -0.15) is 8.78 Å². The van der Waals surface area contributed by atoms with E-state index in [0.29, 0.717) is 10.6 Å². The van der Waals surface area contributed by atoms with Crippen LogP contribution in [-0.2, 0) is 6.54 Å². The van der Waals surface area contributed by atoms with Crippen LogP contribution < -0.4 is 5.32 Å². The molecule has 0 bridgehead atoms. The molecule has 0 aromatic heterocycles. The maximum atomic E-state index is 12.5. The predicted octanol–water partition coefficient (Wildman–Crippen LogP) is 3.33. The summed E-state index contributed by atoms with van der Waals surface area (Å²) in [6.07, 6.45) is -3.66. The van der Waals surface area contributed by atoms with Crippen LogP contribution in [0.4, 0.5) is 17.6 Å². The van der Waals surface area contributed by atoms with Gasteiger partial charge in [-0.15, -0.1) is 0 Å². The maximum absolute atomic E-state index is 12.5. The molecule has 0 fully saturated rings. The second-order valence-electron chi connectivity index (χ2n) is 3.26. The smallest absolute Gasteiger partial charge is 0.307 e. The summed E-state index contributed by atoms with van der Waals surface area (Å²) in [5.74, 6) is -4.01. The van der Waals surface area contributed by atoms with Crippen LogP contribution in [0.25, 0.3) is 0 Å². The second-order valence-corrected chi connectivity index (χ2v) is 3.66. The minimum atomic E-state index is -4.01. The van der Waals surface area contributed by atoms with Gasteiger partial charge in [-0.3, -0.25) is 0 Å². The SMILES string of the molecule is FC(F)C(F)(F)CNCc1ccccc1Cl. The number of hydrogen-bond donors (Lipinski definition) is 1. The summed E-state index contributed by atoms with van der Waals surface area (Å²) >= 11 is 5.76. The molecule has 1 rings (SSSR count). The van der Waals surface area contributed by atoms with E-state index in [1.165, 1.54) is 0 Å². The third-order valence-electron chi connectivity index (χ3n) is 1.95. The molecule has 0 aliphatic carbocycles. The number of nitrogens with one attached hydrogen (secondary N) is 1. The van der Waals surface area contributed by atoms with E-state index in [-0.39, 0.29) is 6.54 Å². The van der Waals surface area contributed by atoms with Gasteiger partial charge in [-0.25, -0.2) is 8.78 Å². The summed E-state index contributed by atoms with van der Waals surface area (Å²) in [6, 6.07) is 6.62. The molecule has 1 aromatic carbocycles. The molecule has 0 saturated heterocycles. The fraction of sp³-hybridized carbons (Fsp3) is 0.400. The number of hydrogen-bond acceptors (Lipinski definition) is 1. The van der Waals surface area contributed by atoms with Gasteiger partial charge in [0.25, 0.3) is 0 Å². The molecule has 16 heavy (non-hydrogen) atoms. The number of benzene rings is 1. The number of halogens is 5. The highest BCUT2D eigenvalue weighted by atomic mass is 35.5. The molecular weight excluding hydrogens is 246 g/mol. The van der Waals surface area contributed by atoms with E-state index in [2.05, 4.69) is 5.32 Å². The molecule has 1 nitrogen and oxygen atoms in total. The van der Waals surface area contributed by atoms with Crippen LogP contribution in [0.5, 0.6) is 0 Å². The van der Waals surface area contributed by atoms with Gasteiger partial charge in [0.1, 0.15) is 0 Å². The Kier molecular flexibility index (Phi) is 4.56. The van der Waals surface area contributed by atoms with Gasteiger partial charge in [-0.1, -0.05) is 29.8 Å². The molecule has 6 heteroatoms. The Hall–Kier alpha value is -0.810. The van der Waals surface area contributed by atoms with Gasteiger partial charge in [-0.05, 0) is 11.6 Å². The van der Waals surface area contributed by atoms with Crippen molar-refractivity contribution in [3.05, 3.63) is 34.9 Å². The molecule has 90 valence electrons. The fourth-order valence-corrected chi connectivity index (χ4v) is 1.29. The molecule has 0 aliphatic heterocycles. The first kappa shape index (κ1) is 13.3. The van der Waals surface area contributed by atoms with Crippen molar-refractivity contribution in [3.63, 3.8) is 0 Å². The van der Waals surface area contributed by atoms with Crippen LogP contribution >= 0.6 is 11.6 Å². The quantitative estimate of drug-likeness (QED) is 0.796. The monoisotopic (exact) mass is 255 g/mol. The zero-order valence-corrected chi connectivity index (χ0v) is 8.95. The van der Waals surface area contributed by atoms with Gasteiger partial charge >= 0.3 is 12.3 Å². The Balaban J connectivity index is 2.45. The van der Waals surface area contributed by atoms with Crippen LogP contribution in [0.15, 0.2) is 24.3 Å². The zero-order valence-electron chi connectivity index (χ0n) is 8.19. The molecule has 0 heterocycles. The third kappa shape index (κ3) is 3.64. The topological polar surface area (TPSA) is 12.0 Å². The van der Waals surface area contributed by atoms with Gasteiger partial charge in [0.15, 0.2) is 0 Å². The first-order valence-electron chi connectivity index (χ1n) is 4.53. The van der Waals surface area contributed by atoms with Crippen molar-refractivity contribution >= 4 is 11.6 Å². The van der Waals surface area contributed by atoms with Crippen molar-refractivity contribution in [2.24, 2.45) is 0 Å². The van der Waals surface area contributed by atoms with Crippen molar-refractivity contribution in [3.8, 4) is 0 Å². The van der Waals surface area contributed by atoms with Crippen molar-refractivity contribution in [2.75, 3.05) is 6.54 Å². The number of rotatable bonds is 5. The summed E-state index contributed by atoms with van der Waals surface area (Å²) in [7, 11) is 0. The third-order valence-corrected chi connectivity index (χ3v) is 2.32. The molecular formula is C10H10ClF4N. The van der Waals surface area contributed by atoms with Crippen LogP contribution in [0, 0.1) is 0 Å². The first-order chi connectivity index (χ1) is 7.43. The molecule has 0 unspecified atom stereocenters. The van der Waals surface area contributed by atoms with E-state index in [1.54, 1.807) is 24.3 Å². The first-order valence-corrected chi connectivity index (χ1v) is 4.91. The van der Waals surface area contributed by atoms with E-state index in [1.807, 2.05) is 0 Å². The lowest BCUT2D eigenvalue weighted by Crippen LogP contribution is -2.38. The van der Waals surface area contributed by atoms with Crippen molar-refractivity contribution in [2.45, 2.75) is 18.9 Å². The normalized spacial score (nSPS) is 12.1. The van der Waals surface area contributed by atoms with E-state index in [0.717, 1.165) is 0 Å². The average Bonchev–Trinajstić information content (AvgIpc) is 2.20. The molecule has 0 saturated carbocycles. The van der Waals surface area contributed by atoms with E-state index < -0.39 is 18.9 Å². The lowest BCUT2D eigenvalue weighted by molar-refractivity contribution is -0.125. The van der Waals surface area contributed by atoms with Crippen LogP contribution in [-0.4, -0.2) is 18.9 Å². The Morgan fingerprint density at radius 2 is 1.88 bits per heavy atom. The molecule has 0 radical (unpaired) electrons. The fourth-order valence-electron chi connectivity index (χ4n) is 1.08. The summed E-state index contributed by atoms with van der Waals surface area (Å²) in [6.45, 7) is -1.04. The molecule has 1 aromatic rings. The zero-order chi connectivity index (χ0) is 12.2. The average molecular weight is 256 g/mol. The van der Waals surface area contributed by atoms with Crippen molar-refractivity contribution < 1.29 is 17.6 Å². The van der Waals surface area contributed by atoms with E-state index in [4.69, 9.17) is 11.6 Å². The molecule has 0 amide bonds. The largest absolute Gasteiger partial charge is 0.319 e.